The molecule has 0 aromatic carbocycles. The third kappa shape index (κ3) is 47.3. The predicted molar refractivity (Wildman–Crippen MR) is 200 cm³/mol. The van der Waals surface area contributed by atoms with Crippen molar-refractivity contribution in [3.63, 3.8) is 0 Å². The molecule has 0 fully saturated rings. The van der Waals surface area contributed by atoms with Crippen molar-refractivity contribution in [3.05, 3.63) is 0 Å². The first-order chi connectivity index (χ1) is 25.3. The van der Waals surface area contributed by atoms with Crippen molar-refractivity contribution in [1.29, 1.82) is 0 Å². The molecule has 0 aliphatic carbocycles. The predicted octanol–water partition coefficient (Wildman–Crippen LogP) is 6.42. The van der Waals surface area contributed by atoms with E-state index in [4.69, 9.17) is 63.7 Å². The van der Waals surface area contributed by atoms with Gasteiger partial charge in [-0.05, 0) is 6.42 Å². The van der Waals surface area contributed by atoms with Gasteiger partial charge in [-0.2, -0.15) is 0 Å². The minimum Gasteiger partial charge on any atom is -0.463 e. The van der Waals surface area contributed by atoms with Crippen molar-refractivity contribution in [1.82, 2.24) is 0 Å². The molecule has 0 saturated heterocycles. The van der Waals surface area contributed by atoms with E-state index in [1.165, 1.54) is 70.6 Å². The third-order valence-corrected chi connectivity index (χ3v) is 7.70. The Morgan fingerprint density at radius 1 is 0.333 bits per heavy atom. The zero-order chi connectivity index (χ0) is 36.8. The number of esters is 1. The molecule has 0 spiro atoms. The van der Waals surface area contributed by atoms with Crippen LogP contribution in [-0.4, -0.2) is 151 Å². The molecule has 12 nitrogen and oxygen atoms in total. The lowest BCUT2D eigenvalue weighted by atomic mass is 10.0. The lowest BCUT2D eigenvalue weighted by Gasteiger charge is -2.09. The third-order valence-electron chi connectivity index (χ3n) is 7.54. The van der Waals surface area contributed by atoms with E-state index >= 15 is 0 Å². The van der Waals surface area contributed by atoms with E-state index in [1.807, 2.05) is 0 Å². The van der Waals surface area contributed by atoms with E-state index in [2.05, 4.69) is 6.92 Å². The molecule has 51 heavy (non-hydrogen) atoms. The van der Waals surface area contributed by atoms with Crippen LogP contribution in [0.1, 0.15) is 96.8 Å². The molecule has 0 aromatic rings. The van der Waals surface area contributed by atoms with E-state index in [9.17, 15) is 4.79 Å². The van der Waals surface area contributed by atoms with Crippen molar-refractivity contribution in [2.75, 3.05) is 145 Å². The maximum Gasteiger partial charge on any atom is 0.305 e. The van der Waals surface area contributed by atoms with Gasteiger partial charge in [0, 0.05) is 12.3 Å². The lowest BCUT2D eigenvalue weighted by Crippen LogP contribution is -2.15. The molecule has 0 aliphatic rings. The van der Waals surface area contributed by atoms with Crippen LogP contribution in [0.25, 0.3) is 0 Å². The van der Waals surface area contributed by atoms with Crippen LogP contribution in [0.4, 0.5) is 0 Å². The van der Waals surface area contributed by atoms with Gasteiger partial charge >= 0.3 is 5.97 Å². The molecular weight excluding hydrogens is 684 g/mol. The van der Waals surface area contributed by atoms with Gasteiger partial charge in [-0.1, -0.05) is 84.0 Å². The molecule has 0 saturated carbocycles. The van der Waals surface area contributed by atoms with Gasteiger partial charge in [-0.3, -0.25) is 4.79 Å². The van der Waals surface area contributed by atoms with Crippen LogP contribution in [0.15, 0.2) is 0 Å². The van der Waals surface area contributed by atoms with Gasteiger partial charge in [-0.15, -0.1) is 11.6 Å². The maximum absolute atomic E-state index is 11.9. The Hall–Kier alpha value is -0.640. The number of carbonyl (C=O) groups excluding carboxylic acids is 1. The molecular formula is C38H75ClO12. The van der Waals surface area contributed by atoms with E-state index in [0.29, 0.717) is 144 Å². The van der Waals surface area contributed by atoms with Crippen LogP contribution in [0.5, 0.6) is 0 Å². The van der Waals surface area contributed by atoms with Gasteiger partial charge in [0.05, 0.1) is 132 Å². The Morgan fingerprint density at radius 2 is 0.569 bits per heavy atom. The average molecular weight is 759 g/mol. The Morgan fingerprint density at radius 3 is 0.843 bits per heavy atom. The summed E-state index contributed by atoms with van der Waals surface area (Å²) in [6, 6.07) is 0. The topological polar surface area (TPSA) is 119 Å². The summed E-state index contributed by atoms with van der Waals surface area (Å²) in [6.45, 7) is 12.6. The fourth-order valence-electron chi connectivity index (χ4n) is 4.71. The molecule has 0 atom stereocenters. The molecule has 0 aliphatic heterocycles. The first-order valence-corrected chi connectivity index (χ1v) is 20.3. The highest BCUT2D eigenvalue weighted by atomic mass is 35.5. The van der Waals surface area contributed by atoms with Crippen LogP contribution in [0.2, 0.25) is 0 Å². The molecule has 0 bridgehead atoms. The summed E-state index contributed by atoms with van der Waals surface area (Å²) in [4.78, 5) is 11.9. The van der Waals surface area contributed by atoms with Gasteiger partial charge in [-0.25, -0.2) is 0 Å². The largest absolute Gasteiger partial charge is 0.463 e. The van der Waals surface area contributed by atoms with Gasteiger partial charge in [0.2, 0.25) is 0 Å². The minimum atomic E-state index is -0.132. The lowest BCUT2D eigenvalue weighted by molar-refractivity contribution is -0.145. The van der Waals surface area contributed by atoms with Crippen molar-refractivity contribution in [2.45, 2.75) is 96.8 Å². The second-order valence-corrected chi connectivity index (χ2v) is 12.4. The normalized spacial score (nSPS) is 11.5. The van der Waals surface area contributed by atoms with E-state index in [-0.39, 0.29) is 12.6 Å². The highest BCUT2D eigenvalue weighted by Crippen LogP contribution is 2.13. The number of ether oxygens (including phenoxy) is 11. The molecule has 0 radical (unpaired) electrons. The summed E-state index contributed by atoms with van der Waals surface area (Å²) in [5.41, 5.74) is 0. The number of rotatable bonds is 46. The molecule has 0 amide bonds. The second kappa shape index (κ2) is 47.4. The summed E-state index contributed by atoms with van der Waals surface area (Å²) in [6.07, 6.45) is 17.3. The summed E-state index contributed by atoms with van der Waals surface area (Å²) >= 11 is 5.52. The molecule has 13 heteroatoms. The highest BCUT2D eigenvalue weighted by molar-refractivity contribution is 6.17. The number of carbonyl (C=O) groups is 1. The van der Waals surface area contributed by atoms with Crippen LogP contribution in [0, 0.1) is 0 Å². The minimum absolute atomic E-state index is 0.132. The Bertz CT molecular complexity index is 650. The van der Waals surface area contributed by atoms with Crippen molar-refractivity contribution in [3.8, 4) is 0 Å². The monoisotopic (exact) mass is 758 g/mol. The van der Waals surface area contributed by atoms with Crippen molar-refractivity contribution >= 4 is 17.6 Å². The summed E-state index contributed by atoms with van der Waals surface area (Å²) in [5.74, 6) is 0.365. The number of hydrogen-bond donors (Lipinski definition) is 0. The van der Waals surface area contributed by atoms with E-state index < -0.39 is 0 Å². The average Bonchev–Trinajstić information content (AvgIpc) is 3.14. The number of halogens is 1. The zero-order valence-electron chi connectivity index (χ0n) is 32.2. The molecule has 306 valence electrons. The number of hydrogen-bond acceptors (Lipinski definition) is 12. The fourth-order valence-corrected chi connectivity index (χ4v) is 4.82. The van der Waals surface area contributed by atoms with Crippen LogP contribution in [-0.2, 0) is 56.9 Å². The van der Waals surface area contributed by atoms with Crippen LogP contribution in [0.3, 0.4) is 0 Å². The Balaban J connectivity index is 3.12. The Kier molecular flexibility index (Phi) is 46.8. The molecule has 0 N–H and O–H groups in total. The van der Waals surface area contributed by atoms with Gasteiger partial charge < -0.3 is 52.1 Å². The quantitative estimate of drug-likeness (QED) is 0.0388. The summed E-state index contributed by atoms with van der Waals surface area (Å²) < 4.78 is 59.6. The van der Waals surface area contributed by atoms with Gasteiger partial charge in [0.1, 0.15) is 6.61 Å². The highest BCUT2D eigenvalue weighted by Gasteiger charge is 2.03. The summed E-state index contributed by atoms with van der Waals surface area (Å²) in [5, 5.41) is 0. The zero-order valence-corrected chi connectivity index (χ0v) is 33.0. The van der Waals surface area contributed by atoms with Crippen LogP contribution >= 0.6 is 11.6 Å². The van der Waals surface area contributed by atoms with E-state index in [1.54, 1.807) is 0 Å². The first kappa shape index (κ1) is 50.4. The molecule has 0 aromatic heterocycles. The smallest absolute Gasteiger partial charge is 0.305 e. The van der Waals surface area contributed by atoms with Crippen molar-refractivity contribution in [2.24, 2.45) is 0 Å². The number of alkyl halides is 1. The Labute approximate surface area is 315 Å². The molecule has 0 rings (SSSR count). The second-order valence-electron chi connectivity index (χ2n) is 12.0. The van der Waals surface area contributed by atoms with Crippen LogP contribution < -0.4 is 0 Å². The fraction of sp³-hybridized carbons (Fsp3) is 0.974. The summed E-state index contributed by atoms with van der Waals surface area (Å²) in [7, 11) is 0. The standard InChI is InChI=1S/C38H75ClO12/c1-2-3-4-5-6-7-8-9-10-11-12-13-14-15-38(40)51-37-36-50-35-34-49-33-32-48-31-30-47-29-28-46-27-26-45-25-24-44-23-22-43-21-20-42-19-18-41-17-16-39/h2-37H2,1H3. The van der Waals surface area contributed by atoms with Gasteiger partial charge in [0.15, 0.2) is 0 Å². The number of unbranched alkanes of at least 4 members (excludes halogenated alkanes) is 12. The molecule has 0 unspecified atom stereocenters. The first-order valence-electron chi connectivity index (χ1n) is 19.8. The van der Waals surface area contributed by atoms with E-state index in [0.717, 1.165) is 12.8 Å². The van der Waals surface area contributed by atoms with Crippen molar-refractivity contribution < 1.29 is 56.9 Å². The van der Waals surface area contributed by atoms with Gasteiger partial charge in [0.25, 0.3) is 0 Å². The molecule has 0 heterocycles. The SMILES string of the molecule is CCCCCCCCCCCCCCCC(=O)OCCOCCOCCOCCOCCOCCOCCOCCOCCOCCOCCCl. The maximum atomic E-state index is 11.9.